The first-order chi connectivity index (χ1) is 12.0. The average molecular weight is 336 g/mol. The van der Waals surface area contributed by atoms with Gasteiger partial charge in [0.1, 0.15) is 11.8 Å². The monoisotopic (exact) mass is 336 g/mol. The number of hydrogen-bond donors (Lipinski definition) is 3. The van der Waals surface area contributed by atoms with Gasteiger partial charge in [-0.25, -0.2) is 0 Å². The molecular weight excluding hydrogens is 320 g/mol. The standard InChI is InChI=1S/C17H16N6O2/c1-9-7-11(8-10(2)15(9)25-6-4-18)21-13-12-3-5-20-17(12)23-22-14(13)16(19)24/h3,5,7-8H,6H2,1-2H3,(H2,19,24)(H2,20,21,23). The van der Waals surface area contributed by atoms with Crippen molar-refractivity contribution in [1.82, 2.24) is 15.2 Å². The number of H-pyrrole nitrogens is 1. The number of nitrogens with one attached hydrogen (secondary N) is 2. The first kappa shape index (κ1) is 16.3. The van der Waals surface area contributed by atoms with E-state index < -0.39 is 5.91 Å². The van der Waals surface area contributed by atoms with Gasteiger partial charge in [-0.2, -0.15) is 5.26 Å². The van der Waals surface area contributed by atoms with Crippen LogP contribution in [0.1, 0.15) is 21.6 Å². The first-order valence-electron chi connectivity index (χ1n) is 7.53. The smallest absolute Gasteiger partial charge is 0.271 e. The van der Waals surface area contributed by atoms with Crippen LogP contribution in [0.25, 0.3) is 11.0 Å². The van der Waals surface area contributed by atoms with E-state index in [2.05, 4.69) is 20.5 Å². The Morgan fingerprint density at radius 1 is 1.36 bits per heavy atom. The second kappa shape index (κ2) is 6.49. The lowest BCUT2D eigenvalue weighted by atomic mass is 10.1. The van der Waals surface area contributed by atoms with E-state index in [0.29, 0.717) is 22.5 Å². The predicted molar refractivity (Wildman–Crippen MR) is 92.7 cm³/mol. The van der Waals surface area contributed by atoms with Gasteiger partial charge in [0.05, 0.1) is 5.69 Å². The molecule has 126 valence electrons. The quantitative estimate of drug-likeness (QED) is 0.655. The van der Waals surface area contributed by atoms with Crippen LogP contribution in [0.2, 0.25) is 0 Å². The molecule has 1 aromatic carbocycles. The zero-order valence-electron chi connectivity index (χ0n) is 13.8. The summed E-state index contributed by atoms with van der Waals surface area (Å²) in [6, 6.07) is 7.48. The molecule has 0 fully saturated rings. The zero-order chi connectivity index (χ0) is 18.0. The zero-order valence-corrected chi connectivity index (χ0v) is 13.8. The van der Waals surface area contributed by atoms with Crippen molar-refractivity contribution in [2.45, 2.75) is 13.8 Å². The summed E-state index contributed by atoms with van der Waals surface area (Å²) in [4.78, 5) is 14.7. The highest BCUT2D eigenvalue weighted by Gasteiger charge is 2.17. The van der Waals surface area contributed by atoms with Crippen LogP contribution in [0, 0.1) is 25.2 Å². The summed E-state index contributed by atoms with van der Waals surface area (Å²) >= 11 is 0. The lowest BCUT2D eigenvalue weighted by Crippen LogP contribution is -2.16. The number of aromatic nitrogens is 3. The number of aryl methyl sites for hydroxylation is 2. The van der Waals surface area contributed by atoms with Crippen LogP contribution in [0.4, 0.5) is 11.4 Å². The number of aromatic amines is 1. The van der Waals surface area contributed by atoms with Crippen molar-refractivity contribution in [1.29, 1.82) is 5.26 Å². The molecule has 0 aliphatic heterocycles. The van der Waals surface area contributed by atoms with Crippen LogP contribution in [-0.2, 0) is 0 Å². The number of primary amides is 1. The van der Waals surface area contributed by atoms with Crippen molar-refractivity contribution in [3.8, 4) is 11.8 Å². The lowest BCUT2D eigenvalue weighted by molar-refractivity contribution is 0.0995. The summed E-state index contributed by atoms with van der Waals surface area (Å²) in [5, 5.41) is 20.4. The fourth-order valence-corrected chi connectivity index (χ4v) is 2.72. The van der Waals surface area contributed by atoms with Gasteiger partial charge in [-0.1, -0.05) is 0 Å². The van der Waals surface area contributed by atoms with Crippen molar-refractivity contribution >= 4 is 28.3 Å². The van der Waals surface area contributed by atoms with Gasteiger partial charge in [0.2, 0.25) is 0 Å². The summed E-state index contributed by atoms with van der Waals surface area (Å²) < 4.78 is 5.45. The van der Waals surface area contributed by atoms with Crippen LogP contribution in [0.5, 0.6) is 5.75 Å². The summed E-state index contributed by atoms with van der Waals surface area (Å²) in [6.45, 7) is 3.76. The molecule has 0 saturated heterocycles. The van der Waals surface area contributed by atoms with Gasteiger partial charge in [0.15, 0.2) is 17.9 Å². The van der Waals surface area contributed by atoms with Crippen LogP contribution < -0.4 is 15.8 Å². The molecule has 4 N–H and O–H groups in total. The Morgan fingerprint density at radius 3 is 2.72 bits per heavy atom. The van der Waals surface area contributed by atoms with Crippen LogP contribution >= 0.6 is 0 Å². The third kappa shape index (κ3) is 3.07. The Labute approximate surface area is 143 Å². The third-order valence-electron chi connectivity index (χ3n) is 3.73. The molecule has 0 radical (unpaired) electrons. The van der Waals surface area contributed by atoms with Crippen molar-refractivity contribution < 1.29 is 9.53 Å². The van der Waals surface area contributed by atoms with Gasteiger partial charge in [0.25, 0.3) is 5.91 Å². The molecule has 0 bridgehead atoms. The molecule has 2 heterocycles. The van der Waals surface area contributed by atoms with Crippen molar-refractivity contribution in [2.24, 2.45) is 5.73 Å². The minimum Gasteiger partial charge on any atom is -0.478 e. The number of fused-ring (bicyclic) bond motifs is 1. The van der Waals surface area contributed by atoms with Gasteiger partial charge >= 0.3 is 0 Å². The Morgan fingerprint density at radius 2 is 2.08 bits per heavy atom. The molecule has 25 heavy (non-hydrogen) atoms. The SMILES string of the molecule is Cc1cc(Nc2c(C(N)=O)nnc3[nH]ccc23)cc(C)c1OCC#N. The molecule has 8 heteroatoms. The maximum absolute atomic E-state index is 11.7. The molecule has 1 amide bonds. The number of amides is 1. The Balaban J connectivity index is 2.04. The second-order valence-corrected chi connectivity index (χ2v) is 5.54. The molecule has 0 aliphatic carbocycles. The molecule has 0 aliphatic rings. The largest absolute Gasteiger partial charge is 0.478 e. The topological polar surface area (TPSA) is 130 Å². The number of carbonyl (C=O) groups excluding carboxylic acids is 1. The van der Waals surface area contributed by atoms with Gasteiger partial charge in [-0.05, 0) is 43.2 Å². The molecule has 0 spiro atoms. The Kier molecular flexibility index (Phi) is 4.22. The van der Waals surface area contributed by atoms with E-state index in [-0.39, 0.29) is 12.3 Å². The highest BCUT2D eigenvalue weighted by molar-refractivity contribution is 6.05. The average Bonchev–Trinajstić information content (AvgIpc) is 3.03. The number of benzene rings is 1. The van der Waals surface area contributed by atoms with E-state index in [9.17, 15) is 4.79 Å². The highest BCUT2D eigenvalue weighted by Crippen LogP contribution is 2.32. The van der Waals surface area contributed by atoms with E-state index in [1.54, 1.807) is 12.3 Å². The van der Waals surface area contributed by atoms with E-state index in [0.717, 1.165) is 16.8 Å². The number of nitriles is 1. The van der Waals surface area contributed by atoms with Crippen LogP contribution in [-0.4, -0.2) is 27.7 Å². The minimum atomic E-state index is -0.666. The number of carbonyl (C=O) groups is 1. The summed E-state index contributed by atoms with van der Waals surface area (Å²) in [7, 11) is 0. The summed E-state index contributed by atoms with van der Waals surface area (Å²) in [6.07, 6.45) is 1.71. The fourth-order valence-electron chi connectivity index (χ4n) is 2.72. The summed E-state index contributed by atoms with van der Waals surface area (Å²) in [5.74, 6) is 0.00221. The molecule has 3 aromatic rings. The molecular formula is C17H16N6O2. The maximum atomic E-state index is 11.7. The Bertz CT molecular complexity index is 979. The minimum absolute atomic E-state index is 0.0154. The van der Waals surface area contributed by atoms with E-state index in [1.165, 1.54) is 0 Å². The van der Waals surface area contributed by atoms with E-state index in [1.807, 2.05) is 32.0 Å². The number of hydrogen-bond acceptors (Lipinski definition) is 6. The Hall–Kier alpha value is -3.60. The molecule has 0 unspecified atom stereocenters. The number of rotatable bonds is 5. The predicted octanol–water partition coefficient (Wildman–Crippen LogP) is 2.32. The highest BCUT2D eigenvalue weighted by atomic mass is 16.5. The summed E-state index contributed by atoms with van der Waals surface area (Å²) in [5.41, 5.74) is 9.01. The lowest BCUT2D eigenvalue weighted by Gasteiger charge is -2.15. The van der Waals surface area contributed by atoms with Crippen LogP contribution in [0.15, 0.2) is 24.4 Å². The molecule has 0 atom stereocenters. The van der Waals surface area contributed by atoms with E-state index >= 15 is 0 Å². The van der Waals surface area contributed by atoms with E-state index in [4.69, 9.17) is 15.7 Å². The molecule has 2 aromatic heterocycles. The second-order valence-electron chi connectivity index (χ2n) is 5.54. The molecule has 0 saturated carbocycles. The first-order valence-corrected chi connectivity index (χ1v) is 7.53. The van der Waals surface area contributed by atoms with Gasteiger partial charge < -0.3 is 20.8 Å². The maximum Gasteiger partial charge on any atom is 0.271 e. The third-order valence-corrected chi connectivity index (χ3v) is 3.73. The van der Waals surface area contributed by atoms with Crippen LogP contribution in [0.3, 0.4) is 0 Å². The number of ether oxygens (including phenoxy) is 1. The van der Waals surface area contributed by atoms with Crippen molar-refractivity contribution in [3.05, 3.63) is 41.2 Å². The fraction of sp³-hybridized carbons (Fsp3) is 0.176. The van der Waals surface area contributed by atoms with Gasteiger partial charge in [0, 0.05) is 17.3 Å². The number of anilines is 2. The number of nitrogens with zero attached hydrogens (tertiary/aromatic N) is 3. The molecule has 8 nitrogen and oxygen atoms in total. The van der Waals surface area contributed by atoms with Gasteiger partial charge in [-0.15, -0.1) is 10.2 Å². The number of nitrogens with two attached hydrogens (primary N) is 1. The normalized spacial score (nSPS) is 10.4. The van der Waals surface area contributed by atoms with Crippen molar-refractivity contribution in [2.75, 3.05) is 11.9 Å². The van der Waals surface area contributed by atoms with Gasteiger partial charge in [-0.3, -0.25) is 4.79 Å². The van der Waals surface area contributed by atoms with Crippen molar-refractivity contribution in [3.63, 3.8) is 0 Å². The molecule has 3 rings (SSSR count).